The van der Waals surface area contributed by atoms with E-state index in [0.717, 1.165) is 39.6 Å². The molecular weight excluding hydrogens is 352 g/mol. The number of hydrogen-bond donors (Lipinski definition) is 2. The highest BCUT2D eigenvalue weighted by Gasteiger charge is 2.12. The third-order valence-electron chi connectivity index (χ3n) is 5.04. The molecule has 0 bridgehead atoms. The summed E-state index contributed by atoms with van der Waals surface area (Å²) in [7, 11) is 1.60. The minimum Gasteiger partial charge on any atom is -0.497 e. The highest BCUT2D eigenvalue weighted by molar-refractivity contribution is 6.11. The van der Waals surface area contributed by atoms with Crippen molar-refractivity contribution >= 4 is 33.4 Å². The number of anilines is 1. The number of ether oxygens (including phenoxy) is 1. The second kappa shape index (κ2) is 7.37. The maximum atomic E-state index is 12.6. The lowest BCUT2D eigenvalue weighted by atomic mass is 10.1. The summed E-state index contributed by atoms with van der Waals surface area (Å²) < 4.78 is 7.37. The molecule has 0 fully saturated rings. The van der Waals surface area contributed by atoms with Crippen LogP contribution in [0.4, 0.5) is 5.69 Å². The Kier molecular flexibility index (Phi) is 4.75. The number of aromatic nitrogens is 1. The van der Waals surface area contributed by atoms with E-state index in [2.05, 4.69) is 16.8 Å². The first-order valence-corrected chi connectivity index (χ1v) is 9.25. The van der Waals surface area contributed by atoms with Gasteiger partial charge >= 0.3 is 0 Å². The van der Waals surface area contributed by atoms with E-state index in [1.54, 1.807) is 31.4 Å². The summed E-state index contributed by atoms with van der Waals surface area (Å²) in [6.07, 6.45) is 0. The van der Waals surface area contributed by atoms with Crippen molar-refractivity contribution in [2.45, 2.75) is 20.1 Å². The number of carbonyl (C=O) groups is 1. The van der Waals surface area contributed by atoms with E-state index in [4.69, 9.17) is 4.74 Å². The molecule has 0 aliphatic rings. The molecule has 0 aliphatic heterocycles. The Balaban J connectivity index is 1.73. The lowest BCUT2D eigenvalue weighted by Gasteiger charge is -2.07. The quantitative estimate of drug-likeness (QED) is 0.538. The number of amides is 1. The Bertz CT molecular complexity index is 1160. The molecule has 1 heterocycles. The molecule has 2 N–H and O–H groups in total. The van der Waals surface area contributed by atoms with Crippen LogP contribution in [0.15, 0.2) is 60.7 Å². The second-order valence-electron chi connectivity index (χ2n) is 6.67. The molecule has 0 radical (unpaired) electrons. The van der Waals surface area contributed by atoms with Gasteiger partial charge in [-0.25, -0.2) is 0 Å². The third-order valence-corrected chi connectivity index (χ3v) is 5.04. The Hall–Kier alpha value is -3.31. The standard InChI is InChI=1S/C23H22N2O3/c1-3-25-21-10-4-15(14-26)12-19(21)20-13-17(7-11-22(20)25)24-23(27)16-5-8-18(28-2)9-6-16/h4-13,26H,3,14H2,1-2H3,(H,24,27). The van der Waals surface area contributed by atoms with E-state index < -0.39 is 0 Å². The number of fused-ring (bicyclic) bond motifs is 3. The van der Waals surface area contributed by atoms with Gasteiger partial charge in [0.15, 0.2) is 0 Å². The van der Waals surface area contributed by atoms with Crippen molar-refractivity contribution in [3.05, 3.63) is 71.8 Å². The molecule has 0 aliphatic carbocycles. The van der Waals surface area contributed by atoms with Crippen molar-refractivity contribution < 1.29 is 14.6 Å². The molecule has 0 saturated carbocycles. The molecular formula is C23H22N2O3. The highest BCUT2D eigenvalue weighted by atomic mass is 16.5. The van der Waals surface area contributed by atoms with Crippen molar-refractivity contribution in [1.82, 2.24) is 4.57 Å². The molecule has 4 aromatic rings. The topological polar surface area (TPSA) is 63.5 Å². The molecule has 0 unspecified atom stereocenters. The average molecular weight is 374 g/mol. The van der Waals surface area contributed by atoms with Crippen molar-refractivity contribution in [2.24, 2.45) is 0 Å². The van der Waals surface area contributed by atoms with Crippen molar-refractivity contribution in [3.63, 3.8) is 0 Å². The number of methoxy groups -OCH3 is 1. The first-order chi connectivity index (χ1) is 13.6. The monoisotopic (exact) mass is 374 g/mol. The molecule has 5 nitrogen and oxygen atoms in total. The maximum absolute atomic E-state index is 12.6. The normalized spacial score (nSPS) is 11.1. The van der Waals surface area contributed by atoms with Crippen LogP contribution in [0, 0.1) is 0 Å². The number of nitrogens with one attached hydrogen (secondary N) is 1. The van der Waals surface area contributed by atoms with Crippen LogP contribution in [0.25, 0.3) is 21.8 Å². The van der Waals surface area contributed by atoms with Gasteiger partial charge in [-0.1, -0.05) is 6.07 Å². The number of aliphatic hydroxyl groups is 1. The van der Waals surface area contributed by atoms with E-state index in [1.807, 2.05) is 36.4 Å². The summed E-state index contributed by atoms with van der Waals surface area (Å²) in [5.41, 5.74) is 4.40. The molecule has 142 valence electrons. The molecule has 0 saturated heterocycles. The van der Waals surface area contributed by atoms with Crippen LogP contribution in [0.1, 0.15) is 22.8 Å². The number of rotatable bonds is 5. The van der Waals surface area contributed by atoms with E-state index >= 15 is 0 Å². The summed E-state index contributed by atoms with van der Waals surface area (Å²) >= 11 is 0. The molecule has 5 heteroatoms. The zero-order valence-electron chi connectivity index (χ0n) is 15.9. The van der Waals surface area contributed by atoms with Gasteiger partial charge < -0.3 is 19.7 Å². The number of hydrogen-bond acceptors (Lipinski definition) is 3. The Morgan fingerprint density at radius 3 is 2.32 bits per heavy atom. The number of aliphatic hydroxyl groups excluding tert-OH is 1. The summed E-state index contributed by atoms with van der Waals surface area (Å²) in [6, 6.07) is 19.0. The highest BCUT2D eigenvalue weighted by Crippen LogP contribution is 2.32. The van der Waals surface area contributed by atoms with Gasteiger partial charge in [-0.15, -0.1) is 0 Å². The second-order valence-corrected chi connectivity index (χ2v) is 6.67. The van der Waals surface area contributed by atoms with Gasteiger partial charge in [-0.3, -0.25) is 4.79 Å². The number of carbonyl (C=O) groups excluding carboxylic acids is 1. The van der Waals surface area contributed by atoms with Crippen LogP contribution in [-0.2, 0) is 13.2 Å². The van der Waals surface area contributed by atoms with Gasteiger partial charge in [-0.05, 0) is 67.1 Å². The summed E-state index contributed by atoms with van der Waals surface area (Å²) in [5.74, 6) is 0.544. The number of benzene rings is 3. The average Bonchev–Trinajstić information content (AvgIpc) is 3.05. The number of aryl methyl sites for hydroxylation is 1. The SMILES string of the molecule is CCn1c2ccc(CO)cc2c2cc(NC(=O)c3ccc(OC)cc3)ccc21. The Morgan fingerprint density at radius 1 is 1.00 bits per heavy atom. The minimum absolute atomic E-state index is 0.00261. The minimum atomic E-state index is -0.169. The molecule has 3 aromatic carbocycles. The Labute approximate surface area is 163 Å². The number of nitrogens with zero attached hydrogens (tertiary/aromatic N) is 1. The van der Waals surface area contributed by atoms with Crippen LogP contribution in [-0.4, -0.2) is 22.7 Å². The molecule has 1 aromatic heterocycles. The smallest absolute Gasteiger partial charge is 0.255 e. The lowest BCUT2D eigenvalue weighted by molar-refractivity contribution is 0.102. The molecule has 4 rings (SSSR count). The first kappa shape index (κ1) is 18.1. The molecule has 1 amide bonds. The molecule has 28 heavy (non-hydrogen) atoms. The predicted molar refractivity (Wildman–Crippen MR) is 112 cm³/mol. The largest absolute Gasteiger partial charge is 0.497 e. The fourth-order valence-corrected chi connectivity index (χ4v) is 3.61. The van der Waals surface area contributed by atoms with Crippen LogP contribution in [0.5, 0.6) is 5.75 Å². The van der Waals surface area contributed by atoms with Gasteiger partial charge in [0, 0.05) is 39.6 Å². The molecule has 0 spiro atoms. The van der Waals surface area contributed by atoms with Crippen molar-refractivity contribution in [1.29, 1.82) is 0 Å². The van der Waals surface area contributed by atoms with Gasteiger partial charge in [0.2, 0.25) is 0 Å². The van der Waals surface area contributed by atoms with Gasteiger partial charge in [0.25, 0.3) is 5.91 Å². The van der Waals surface area contributed by atoms with E-state index in [1.165, 1.54) is 0 Å². The molecule has 0 atom stereocenters. The summed E-state index contributed by atoms with van der Waals surface area (Å²) in [4.78, 5) is 12.6. The van der Waals surface area contributed by atoms with E-state index in [9.17, 15) is 9.90 Å². The summed E-state index contributed by atoms with van der Waals surface area (Å²) in [5, 5.41) is 14.6. The first-order valence-electron chi connectivity index (χ1n) is 9.25. The van der Waals surface area contributed by atoms with Crippen LogP contribution in [0.2, 0.25) is 0 Å². The fraction of sp³-hybridized carbons (Fsp3) is 0.174. The van der Waals surface area contributed by atoms with Gasteiger partial charge in [0.1, 0.15) is 5.75 Å². The van der Waals surface area contributed by atoms with Crippen LogP contribution < -0.4 is 10.1 Å². The van der Waals surface area contributed by atoms with Gasteiger partial charge in [-0.2, -0.15) is 0 Å². The lowest BCUT2D eigenvalue weighted by Crippen LogP contribution is -2.11. The van der Waals surface area contributed by atoms with Crippen LogP contribution in [0.3, 0.4) is 0 Å². The van der Waals surface area contributed by atoms with Gasteiger partial charge in [0.05, 0.1) is 13.7 Å². The fourth-order valence-electron chi connectivity index (χ4n) is 3.61. The van der Waals surface area contributed by atoms with E-state index in [-0.39, 0.29) is 12.5 Å². The van der Waals surface area contributed by atoms with Crippen molar-refractivity contribution in [2.75, 3.05) is 12.4 Å². The summed E-state index contributed by atoms with van der Waals surface area (Å²) in [6.45, 7) is 2.96. The van der Waals surface area contributed by atoms with E-state index in [0.29, 0.717) is 11.3 Å². The maximum Gasteiger partial charge on any atom is 0.255 e. The Morgan fingerprint density at radius 2 is 1.68 bits per heavy atom. The third kappa shape index (κ3) is 3.10. The van der Waals surface area contributed by atoms with Crippen LogP contribution >= 0.6 is 0 Å². The van der Waals surface area contributed by atoms with Crippen molar-refractivity contribution in [3.8, 4) is 5.75 Å². The zero-order chi connectivity index (χ0) is 19.7. The zero-order valence-corrected chi connectivity index (χ0v) is 15.9. The predicted octanol–water partition coefficient (Wildman–Crippen LogP) is 4.57.